The highest BCUT2D eigenvalue weighted by Crippen LogP contribution is 2.30. The van der Waals surface area contributed by atoms with E-state index in [9.17, 15) is 29.1 Å². The molecule has 2 rings (SSSR count). The standard InChI is InChI=1S/C39H67N5O8/c1-12-25(6)34(43(9)38(48)33(24(4)5)42-37(47)32(40-8)23(2)3)30(51-10)22-31(45)44-20-16-19-29(44)35(52-11)26(7)36(46)41-28(39(49)50)21-27-17-14-13-15-18-27/h13-14,17,23-26,28-30,32-35,40H,12,15-16,18-22H2,1-11H3,(H,41,46)(H,42,47)(H,49,50)/t25?,26?,28?,29-,30?,32?,33?,34?,35?/m0/s1. The van der Waals surface area contributed by atoms with Crippen LogP contribution in [-0.4, -0.2) is 122 Å². The molecule has 4 N–H and O–H groups in total. The number of likely N-dealkylation sites (N-methyl/N-ethyl adjacent to an activating group) is 2. The predicted molar refractivity (Wildman–Crippen MR) is 201 cm³/mol. The van der Waals surface area contributed by atoms with E-state index in [1.807, 2.05) is 59.8 Å². The van der Waals surface area contributed by atoms with Crippen LogP contribution in [0.25, 0.3) is 0 Å². The van der Waals surface area contributed by atoms with E-state index >= 15 is 0 Å². The van der Waals surface area contributed by atoms with Crippen molar-refractivity contribution in [2.24, 2.45) is 23.7 Å². The van der Waals surface area contributed by atoms with Crippen LogP contribution < -0.4 is 16.0 Å². The van der Waals surface area contributed by atoms with Crippen molar-refractivity contribution in [3.05, 3.63) is 23.8 Å². The molecule has 13 heteroatoms. The summed E-state index contributed by atoms with van der Waals surface area (Å²) in [6.07, 6.45) is 8.36. The van der Waals surface area contributed by atoms with Gasteiger partial charge >= 0.3 is 5.97 Å². The van der Waals surface area contributed by atoms with Gasteiger partial charge in [0, 0.05) is 27.8 Å². The third-order valence-electron chi connectivity index (χ3n) is 10.9. The number of carboxylic acids is 1. The molecule has 0 spiro atoms. The molecule has 0 aromatic heterocycles. The first kappa shape index (κ1) is 44.9. The molecule has 0 radical (unpaired) electrons. The lowest BCUT2D eigenvalue weighted by Gasteiger charge is -2.41. The van der Waals surface area contributed by atoms with Gasteiger partial charge in [-0.3, -0.25) is 19.2 Å². The second-order valence-electron chi connectivity index (χ2n) is 15.2. The highest BCUT2D eigenvalue weighted by molar-refractivity contribution is 5.90. The van der Waals surface area contributed by atoms with E-state index in [1.165, 1.54) is 14.2 Å². The molecule has 52 heavy (non-hydrogen) atoms. The maximum absolute atomic E-state index is 14.1. The van der Waals surface area contributed by atoms with Gasteiger partial charge < -0.3 is 40.3 Å². The minimum absolute atomic E-state index is 0.00479. The van der Waals surface area contributed by atoms with Crippen molar-refractivity contribution >= 4 is 29.6 Å². The number of aliphatic carboxylic acids is 1. The number of rotatable bonds is 21. The smallest absolute Gasteiger partial charge is 0.326 e. The molecule has 0 aromatic carbocycles. The summed E-state index contributed by atoms with van der Waals surface area (Å²) in [7, 11) is 6.48. The fourth-order valence-corrected chi connectivity index (χ4v) is 7.64. The summed E-state index contributed by atoms with van der Waals surface area (Å²) >= 11 is 0. The first-order chi connectivity index (χ1) is 24.5. The first-order valence-electron chi connectivity index (χ1n) is 19.0. The molecule has 1 saturated heterocycles. The number of ether oxygens (including phenoxy) is 2. The largest absolute Gasteiger partial charge is 0.480 e. The second-order valence-corrected chi connectivity index (χ2v) is 15.2. The predicted octanol–water partition coefficient (Wildman–Crippen LogP) is 3.53. The first-order valence-corrected chi connectivity index (χ1v) is 19.0. The van der Waals surface area contributed by atoms with Gasteiger partial charge in [0.15, 0.2) is 0 Å². The number of carboxylic acid groups (broad SMARTS) is 1. The molecule has 13 nitrogen and oxygen atoms in total. The van der Waals surface area contributed by atoms with E-state index in [2.05, 4.69) is 16.0 Å². The molecule has 0 bridgehead atoms. The summed E-state index contributed by atoms with van der Waals surface area (Å²) in [5.41, 5.74) is 0.965. The molecule has 1 aliphatic carbocycles. The zero-order valence-electron chi connectivity index (χ0n) is 33.4. The topological polar surface area (TPSA) is 167 Å². The average Bonchev–Trinajstić information content (AvgIpc) is 3.59. The number of carbonyl (C=O) groups is 5. The van der Waals surface area contributed by atoms with Crippen molar-refractivity contribution in [2.75, 3.05) is 34.9 Å². The monoisotopic (exact) mass is 733 g/mol. The van der Waals surface area contributed by atoms with Crippen LogP contribution >= 0.6 is 0 Å². The van der Waals surface area contributed by atoms with Crippen molar-refractivity contribution in [2.45, 2.75) is 136 Å². The summed E-state index contributed by atoms with van der Waals surface area (Å²) in [6, 6.07) is -3.19. The van der Waals surface area contributed by atoms with Crippen LogP contribution in [0.5, 0.6) is 0 Å². The summed E-state index contributed by atoms with van der Waals surface area (Å²) in [6.45, 7) is 13.9. The number of likely N-dealkylation sites (tertiary alicyclic amines) is 1. The zero-order valence-corrected chi connectivity index (χ0v) is 33.4. The lowest BCUT2D eigenvalue weighted by atomic mass is 9.89. The molecule has 8 unspecified atom stereocenters. The van der Waals surface area contributed by atoms with Gasteiger partial charge in [0.05, 0.1) is 42.7 Å². The maximum Gasteiger partial charge on any atom is 0.326 e. The zero-order chi connectivity index (χ0) is 39.3. The lowest BCUT2D eigenvalue weighted by Crippen LogP contribution is -2.59. The van der Waals surface area contributed by atoms with Crippen LogP contribution in [0.4, 0.5) is 0 Å². The van der Waals surface area contributed by atoms with E-state index in [1.54, 1.807) is 30.8 Å². The van der Waals surface area contributed by atoms with Crippen LogP contribution in [0.15, 0.2) is 23.8 Å². The molecular formula is C39H67N5O8. The van der Waals surface area contributed by atoms with Gasteiger partial charge in [0.25, 0.3) is 0 Å². The van der Waals surface area contributed by atoms with E-state index < -0.39 is 60.2 Å². The fourth-order valence-electron chi connectivity index (χ4n) is 7.64. The average molecular weight is 734 g/mol. The van der Waals surface area contributed by atoms with Crippen LogP contribution in [0.3, 0.4) is 0 Å². The SMILES string of the molecule is CCC(C)C(C(CC(=O)N1CCC[C@H]1C(OC)C(C)C(=O)NC(CC1=CC=CCC1)C(=O)O)OC)N(C)C(=O)C(NC(=O)C(NC)C(C)C)C(C)C. The molecule has 4 amide bonds. The van der Waals surface area contributed by atoms with Gasteiger partial charge in [-0.25, -0.2) is 4.79 Å². The Morgan fingerprint density at radius 3 is 2.13 bits per heavy atom. The van der Waals surface area contributed by atoms with Crippen LogP contribution in [0, 0.1) is 23.7 Å². The Labute approximate surface area is 311 Å². The highest BCUT2D eigenvalue weighted by Gasteiger charge is 2.43. The van der Waals surface area contributed by atoms with Gasteiger partial charge in [-0.2, -0.15) is 0 Å². The molecule has 0 aromatic rings. The lowest BCUT2D eigenvalue weighted by molar-refractivity contribution is -0.148. The summed E-state index contributed by atoms with van der Waals surface area (Å²) in [4.78, 5) is 70.4. The van der Waals surface area contributed by atoms with Crippen molar-refractivity contribution < 1.29 is 38.6 Å². The Balaban J connectivity index is 2.25. The number of nitrogens with one attached hydrogen (secondary N) is 3. The Morgan fingerprint density at radius 2 is 1.63 bits per heavy atom. The van der Waals surface area contributed by atoms with Crippen molar-refractivity contribution in [1.82, 2.24) is 25.8 Å². The van der Waals surface area contributed by atoms with Crippen LogP contribution in [0.1, 0.15) is 93.4 Å². The van der Waals surface area contributed by atoms with Gasteiger partial charge in [-0.15, -0.1) is 0 Å². The van der Waals surface area contributed by atoms with Gasteiger partial charge in [-0.1, -0.05) is 78.7 Å². The summed E-state index contributed by atoms with van der Waals surface area (Å²) in [5.74, 6) is -3.17. The molecule has 0 saturated carbocycles. The number of amides is 4. The van der Waals surface area contributed by atoms with Crippen LogP contribution in [0.2, 0.25) is 0 Å². The van der Waals surface area contributed by atoms with Gasteiger partial charge in [0.1, 0.15) is 12.1 Å². The number of nitrogens with zero attached hydrogens (tertiary/aromatic N) is 2. The van der Waals surface area contributed by atoms with E-state index in [0.717, 1.165) is 24.8 Å². The third kappa shape index (κ3) is 11.9. The highest BCUT2D eigenvalue weighted by atomic mass is 16.5. The maximum atomic E-state index is 14.1. The number of allylic oxidation sites excluding steroid dienone is 3. The summed E-state index contributed by atoms with van der Waals surface area (Å²) in [5, 5.41) is 18.6. The quantitative estimate of drug-likeness (QED) is 0.138. The Morgan fingerprint density at radius 1 is 0.981 bits per heavy atom. The minimum Gasteiger partial charge on any atom is -0.480 e. The molecule has 1 fully saturated rings. The normalized spacial score (nSPS) is 20.7. The Bertz CT molecular complexity index is 1270. The summed E-state index contributed by atoms with van der Waals surface area (Å²) < 4.78 is 11.9. The third-order valence-corrected chi connectivity index (χ3v) is 10.9. The number of carbonyl (C=O) groups excluding carboxylic acids is 4. The number of methoxy groups -OCH3 is 2. The van der Waals surface area contributed by atoms with Gasteiger partial charge in [-0.05, 0) is 56.9 Å². The minimum atomic E-state index is -1.10. The van der Waals surface area contributed by atoms with Crippen molar-refractivity contribution in [1.29, 1.82) is 0 Å². The fraction of sp³-hybridized carbons (Fsp3) is 0.769. The number of hydrogen-bond acceptors (Lipinski definition) is 8. The molecule has 296 valence electrons. The van der Waals surface area contributed by atoms with Crippen molar-refractivity contribution in [3.63, 3.8) is 0 Å². The van der Waals surface area contributed by atoms with Crippen molar-refractivity contribution in [3.8, 4) is 0 Å². The van der Waals surface area contributed by atoms with E-state index in [0.29, 0.717) is 19.4 Å². The Hall–Kier alpha value is -3.29. The Kier molecular flexibility index (Phi) is 18.5. The molecule has 2 aliphatic rings. The molecular weight excluding hydrogens is 666 g/mol. The van der Waals surface area contributed by atoms with E-state index in [-0.39, 0.29) is 48.3 Å². The molecule has 9 atom stereocenters. The van der Waals surface area contributed by atoms with Crippen LogP contribution in [-0.2, 0) is 33.4 Å². The molecule has 1 heterocycles. The molecule has 1 aliphatic heterocycles. The van der Waals surface area contributed by atoms with Gasteiger partial charge in [0.2, 0.25) is 23.6 Å². The van der Waals surface area contributed by atoms with E-state index in [4.69, 9.17) is 9.47 Å². The number of hydrogen-bond donors (Lipinski definition) is 4. The second kappa shape index (κ2) is 21.4.